The Morgan fingerprint density at radius 1 is 1.15 bits per heavy atom. The fourth-order valence-corrected chi connectivity index (χ4v) is 2.51. The summed E-state index contributed by atoms with van der Waals surface area (Å²) in [6.07, 6.45) is 4.10. The zero-order chi connectivity index (χ0) is 19.5. The van der Waals surface area contributed by atoms with Crippen molar-refractivity contribution in [3.63, 3.8) is 0 Å². The first-order chi connectivity index (χ1) is 12.5. The summed E-state index contributed by atoms with van der Waals surface area (Å²) in [6.45, 7) is 9.78. The summed E-state index contributed by atoms with van der Waals surface area (Å²) >= 11 is 0. The molecule has 0 radical (unpaired) electrons. The van der Waals surface area contributed by atoms with Crippen LogP contribution in [0.4, 0.5) is 0 Å². The van der Waals surface area contributed by atoms with Crippen molar-refractivity contribution in [2.75, 3.05) is 27.3 Å². The molecule has 0 aliphatic carbocycles. The molecular weight excluding hydrogens is 332 g/mol. The van der Waals surface area contributed by atoms with Crippen LogP contribution in [0.2, 0.25) is 0 Å². The summed E-state index contributed by atoms with van der Waals surface area (Å²) in [6, 6.07) is 4.93. The van der Waals surface area contributed by atoms with Crippen molar-refractivity contribution in [3.8, 4) is 11.5 Å². The van der Waals surface area contributed by atoms with E-state index in [9.17, 15) is 9.59 Å². The third-order valence-corrected chi connectivity index (χ3v) is 3.85. The van der Waals surface area contributed by atoms with Gasteiger partial charge >= 0.3 is 0 Å². The van der Waals surface area contributed by atoms with E-state index < -0.39 is 6.04 Å². The predicted molar refractivity (Wildman–Crippen MR) is 102 cm³/mol. The van der Waals surface area contributed by atoms with E-state index in [1.54, 1.807) is 44.3 Å². The minimum Gasteiger partial charge on any atom is -0.493 e. The number of methoxy groups -OCH3 is 2. The lowest BCUT2D eigenvalue weighted by Crippen LogP contribution is -2.47. The van der Waals surface area contributed by atoms with Crippen molar-refractivity contribution in [2.24, 2.45) is 0 Å². The Hall–Kier alpha value is -2.76. The fraction of sp³-hybridized carbons (Fsp3) is 0.400. The van der Waals surface area contributed by atoms with Crippen LogP contribution in [0, 0.1) is 0 Å². The molecule has 0 saturated carbocycles. The molecule has 0 aliphatic heterocycles. The van der Waals surface area contributed by atoms with Gasteiger partial charge in [0.2, 0.25) is 11.8 Å². The average molecular weight is 360 g/mol. The lowest BCUT2D eigenvalue weighted by atomic mass is 10.1. The summed E-state index contributed by atoms with van der Waals surface area (Å²) in [7, 11) is 3.14. The number of hydrogen-bond acceptors (Lipinski definition) is 4. The van der Waals surface area contributed by atoms with Crippen LogP contribution in [0.5, 0.6) is 11.5 Å². The smallest absolute Gasteiger partial charge is 0.245 e. The van der Waals surface area contributed by atoms with E-state index in [4.69, 9.17) is 9.47 Å². The van der Waals surface area contributed by atoms with Crippen molar-refractivity contribution in [1.82, 2.24) is 10.2 Å². The third-order valence-electron chi connectivity index (χ3n) is 3.85. The molecule has 6 nitrogen and oxygen atoms in total. The molecule has 0 fully saturated rings. The Morgan fingerprint density at radius 3 is 2.31 bits per heavy atom. The van der Waals surface area contributed by atoms with Crippen molar-refractivity contribution in [2.45, 2.75) is 25.8 Å². The molecule has 2 amide bonds. The molecule has 0 heterocycles. The maximum atomic E-state index is 12.4. The number of nitrogens with one attached hydrogen (secondary N) is 1. The number of benzene rings is 1. The van der Waals surface area contributed by atoms with Gasteiger partial charge in [-0.1, -0.05) is 18.2 Å². The molecule has 1 rings (SSSR count). The molecule has 1 unspecified atom stereocenters. The zero-order valence-electron chi connectivity index (χ0n) is 15.8. The van der Waals surface area contributed by atoms with Gasteiger partial charge in [0, 0.05) is 19.5 Å². The van der Waals surface area contributed by atoms with Crippen LogP contribution in [-0.4, -0.2) is 50.1 Å². The maximum Gasteiger partial charge on any atom is 0.245 e. The topological polar surface area (TPSA) is 67.9 Å². The summed E-state index contributed by atoms with van der Waals surface area (Å²) in [5, 5.41) is 2.74. The minimum absolute atomic E-state index is 0.163. The molecule has 0 aromatic heterocycles. The SMILES string of the molecule is C=CCN(CC=C)C(=O)C(C)NC(=O)CCc1ccc(OC)c(OC)c1. The van der Waals surface area contributed by atoms with Crippen LogP contribution < -0.4 is 14.8 Å². The average Bonchev–Trinajstić information content (AvgIpc) is 2.65. The maximum absolute atomic E-state index is 12.4. The predicted octanol–water partition coefficient (Wildman–Crippen LogP) is 2.34. The zero-order valence-corrected chi connectivity index (χ0v) is 15.8. The molecule has 1 atom stereocenters. The van der Waals surface area contributed by atoms with Crippen LogP contribution >= 0.6 is 0 Å². The number of amides is 2. The quantitative estimate of drug-likeness (QED) is 0.615. The van der Waals surface area contributed by atoms with E-state index in [-0.39, 0.29) is 18.2 Å². The molecule has 6 heteroatoms. The highest BCUT2D eigenvalue weighted by Gasteiger charge is 2.20. The van der Waals surface area contributed by atoms with Gasteiger partial charge in [0.05, 0.1) is 14.2 Å². The van der Waals surface area contributed by atoms with Gasteiger partial charge in [-0.2, -0.15) is 0 Å². The molecule has 26 heavy (non-hydrogen) atoms. The van der Waals surface area contributed by atoms with Gasteiger partial charge in [-0.25, -0.2) is 0 Å². The Kier molecular flexibility index (Phi) is 8.98. The van der Waals surface area contributed by atoms with Crippen LogP contribution in [0.1, 0.15) is 18.9 Å². The largest absolute Gasteiger partial charge is 0.493 e. The highest BCUT2D eigenvalue weighted by molar-refractivity contribution is 5.87. The monoisotopic (exact) mass is 360 g/mol. The number of carbonyl (C=O) groups excluding carboxylic acids is 2. The van der Waals surface area contributed by atoms with Crippen LogP contribution in [0.3, 0.4) is 0 Å². The molecular formula is C20H28N2O4. The van der Waals surface area contributed by atoms with Gasteiger partial charge in [0.15, 0.2) is 11.5 Å². The third kappa shape index (κ3) is 6.27. The molecule has 0 spiro atoms. The normalized spacial score (nSPS) is 11.2. The molecule has 1 N–H and O–H groups in total. The molecule has 0 saturated heterocycles. The van der Waals surface area contributed by atoms with E-state index in [2.05, 4.69) is 18.5 Å². The lowest BCUT2D eigenvalue weighted by molar-refractivity contribution is -0.135. The Labute approximate surface area is 155 Å². The number of ether oxygens (including phenoxy) is 2. The van der Waals surface area contributed by atoms with Crippen molar-refractivity contribution >= 4 is 11.8 Å². The van der Waals surface area contributed by atoms with Gasteiger partial charge in [-0.3, -0.25) is 9.59 Å². The summed E-state index contributed by atoms with van der Waals surface area (Å²) < 4.78 is 10.5. The Morgan fingerprint density at radius 2 is 1.77 bits per heavy atom. The van der Waals surface area contributed by atoms with Gasteiger partial charge in [0.25, 0.3) is 0 Å². The Bertz CT molecular complexity index is 633. The standard InChI is InChI=1S/C20H28N2O4/c1-6-12-22(13-7-2)20(24)15(3)21-19(23)11-9-16-8-10-17(25-4)18(14-16)26-5/h6-8,10,14-15H,1-2,9,11-13H2,3-5H3,(H,21,23). The van der Waals surface area contributed by atoms with E-state index in [1.807, 2.05) is 12.1 Å². The number of carbonyl (C=O) groups is 2. The second-order valence-corrected chi connectivity index (χ2v) is 5.80. The van der Waals surface area contributed by atoms with Gasteiger partial charge in [-0.05, 0) is 31.0 Å². The first-order valence-corrected chi connectivity index (χ1v) is 8.47. The van der Waals surface area contributed by atoms with E-state index in [1.165, 1.54) is 0 Å². The lowest BCUT2D eigenvalue weighted by Gasteiger charge is -2.23. The Balaban J connectivity index is 2.59. The van der Waals surface area contributed by atoms with Crippen LogP contribution in [0.25, 0.3) is 0 Å². The van der Waals surface area contributed by atoms with Crippen molar-refractivity contribution in [3.05, 3.63) is 49.1 Å². The molecule has 142 valence electrons. The fourth-order valence-electron chi connectivity index (χ4n) is 2.51. The van der Waals surface area contributed by atoms with E-state index in [0.29, 0.717) is 31.0 Å². The van der Waals surface area contributed by atoms with Gasteiger partial charge in [-0.15, -0.1) is 13.2 Å². The second kappa shape index (κ2) is 11.0. The first-order valence-electron chi connectivity index (χ1n) is 8.47. The van der Waals surface area contributed by atoms with Crippen molar-refractivity contribution < 1.29 is 19.1 Å². The molecule has 1 aromatic rings. The first kappa shape index (κ1) is 21.3. The molecule has 0 bridgehead atoms. The van der Waals surface area contributed by atoms with Crippen LogP contribution in [0.15, 0.2) is 43.5 Å². The minimum atomic E-state index is -0.604. The van der Waals surface area contributed by atoms with Gasteiger partial charge in [0.1, 0.15) is 6.04 Å². The van der Waals surface area contributed by atoms with Crippen LogP contribution in [-0.2, 0) is 16.0 Å². The summed E-state index contributed by atoms with van der Waals surface area (Å²) in [5.74, 6) is 0.921. The number of hydrogen-bond donors (Lipinski definition) is 1. The highest BCUT2D eigenvalue weighted by atomic mass is 16.5. The van der Waals surface area contributed by atoms with Gasteiger partial charge < -0.3 is 19.7 Å². The number of rotatable bonds is 11. The summed E-state index contributed by atoms with van der Waals surface area (Å²) in [5.41, 5.74) is 0.955. The molecule has 0 aliphatic rings. The second-order valence-electron chi connectivity index (χ2n) is 5.80. The summed E-state index contributed by atoms with van der Waals surface area (Å²) in [4.78, 5) is 26.1. The number of nitrogens with zero attached hydrogens (tertiary/aromatic N) is 1. The molecule has 1 aromatic carbocycles. The van der Waals surface area contributed by atoms with E-state index in [0.717, 1.165) is 5.56 Å². The van der Waals surface area contributed by atoms with Crippen molar-refractivity contribution in [1.29, 1.82) is 0 Å². The highest BCUT2D eigenvalue weighted by Crippen LogP contribution is 2.27. The van der Waals surface area contributed by atoms with E-state index >= 15 is 0 Å². The number of aryl methyl sites for hydroxylation is 1.